The van der Waals surface area contributed by atoms with E-state index in [0.717, 1.165) is 18.7 Å². The summed E-state index contributed by atoms with van der Waals surface area (Å²) in [6.45, 7) is 12.2. The lowest BCUT2D eigenvalue weighted by Gasteiger charge is -2.27. The molecule has 1 unspecified atom stereocenters. The second-order valence-corrected chi connectivity index (χ2v) is 6.84. The fourth-order valence-corrected chi connectivity index (χ4v) is 2.99. The zero-order chi connectivity index (χ0) is 14.8. The summed E-state index contributed by atoms with van der Waals surface area (Å²) < 4.78 is 11.8. The van der Waals surface area contributed by atoms with E-state index in [-0.39, 0.29) is 11.2 Å². The molecule has 0 spiro atoms. The van der Waals surface area contributed by atoms with Gasteiger partial charge < -0.3 is 14.8 Å². The Labute approximate surface area is 122 Å². The Morgan fingerprint density at radius 2 is 2.05 bits per heavy atom. The third-order valence-electron chi connectivity index (χ3n) is 3.83. The minimum atomic E-state index is -0.118. The summed E-state index contributed by atoms with van der Waals surface area (Å²) in [5.74, 6) is 0.939. The van der Waals surface area contributed by atoms with Crippen molar-refractivity contribution >= 4 is 0 Å². The average molecular weight is 277 g/mol. The minimum Gasteiger partial charge on any atom is -0.492 e. The fourth-order valence-electron chi connectivity index (χ4n) is 2.99. The first-order chi connectivity index (χ1) is 9.28. The molecule has 0 amide bonds. The molecular formula is C17H27NO2. The summed E-state index contributed by atoms with van der Waals surface area (Å²) in [5, 5.41) is 3.56. The highest BCUT2D eigenvalue weighted by molar-refractivity contribution is 5.27. The molecule has 0 saturated carbocycles. The Hall–Kier alpha value is -1.06. The Bertz CT molecular complexity index is 454. The molecule has 1 atom stereocenters. The molecule has 1 aliphatic rings. The predicted molar refractivity (Wildman–Crippen MR) is 82.3 cm³/mol. The first kappa shape index (κ1) is 15.3. The van der Waals surface area contributed by atoms with Gasteiger partial charge in [0.05, 0.1) is 11.2 Å². The van der Waals surface area contributed by atoms with Gasteiger partial charge in [-0.3, -0.25) is 0 Å². The van der Waals surface area contributed by atoms with Crippen LogP contribution in [0.5, 0.6) is 5.75 Å². The van der Waals surface area contributed by atoms with Crippen LogP contribution in [0.25, 0.3) is 0 Å². The van der Waals surface area contributed by atoms with Crippen LogP contribution in [-0.4, -0.2) is 30.4 Å². The van der Waals surface area contributed by atoms with Gasteiger partial charge in [-0.05, 0) is 58.7 Å². The maximum absolute atomic E-state index is 6.08. The van der Waals surface area contributed by atoms with Gasteiger partial charge in [0, 0.05) is 12.6 Å². The van der Waals surface area contributed by atoms with Gasteiger partial charge in [-0.25, -0.2) is 0 Å². The van der Waals surface area contributed by atoms with Crippen molar-refractivity contribution in [3.05, 3.63) is 29.8 Å². The van der Waals surface area contributed by atoms with Crippen LogP contribution in [-0.2, 0) is 4.74 Å². The maximum atomic E-state index is 6.08. The summed E-state index contributed by atoms with van der Waals surface area (Å²) >= 11 is 0. The Kier molecular flexibility index (Phi) is 4.40. The molecule has 0 aliphatic carbocycles. The third-order valence-corrected chi connectivity index (χ3v) is 3.83. The molecule has 2 rings (SSSR count). The second-order valence-electron chi connectivity index (χ2n) is 6.84. The van der Waals surface area contributed by atoms with Gasteiger partial charge in [0.15, 0.2) is 0 Å². The van der Waals surface area contributed by atoms with Gasteiger partial charge in [0.2, 0.25) is 0 Å². The lowest BCUT2D eigenvalue weighted by molar-refractivity contribution is -0.0698. The fraction of sp³-hybridized carbons (Fsp3) is 0.647. The van der Waals surface area contributed by atoms with E-state index in [0.29, 0.717) is 12.6 Å². The first-order valence-corrected chi connectivity index (χ1v) is 7.42. The normalized spacial score (nSPS) is 23.8. The van der Waals surface area contributed by atoms with Crippen LogP contribution in [0.15, 0.2) is 24.3 Å². The summed E-state index contributed by atoms with van der Waals surface area (Å²) in [6.07, 6.45) is 1.03. The van der Waals surface area contributed by atoms with E-state index in [9.17, 15) is 0 Å². The molecule has 1 heterocycles. The average Bonchev–Trinajstić information content (AvgIpc) is 2.52. The maximum Gasteiger partial charge on any atom is 0.119 e. The van der Waals surface area contributed by atoms with Gasteiger partial charge in [-0.15, -0.1) is 0 Å². The molecule has 112 valence electrons. The molecule has 0 radical (unpaired) electrons. The SMILES string of the molecule is Cc1cccc(OCCNC2CC(C)(C)OC2(C)C)c1. The zero-order valence-electron chi connectivity index (χ0n) is 13.3. The molecule has 1 N–H and O–H groups in total. The van der Waals surface area contributed by atoms with E-state index in [1.165, 1.54) is 5.56 Å². The summed E-state index contributed by atoms with van der Waals surface area (Å²) in [4.78, 5) is 0. The molecule has 20 heavy (non-hydrogen) atoms. The molecule has 0 bridgehead atoms. The number of nitrogens with one attached hydrogen (secondary N) is 1. The van der Waals surface area contributed by atoms with E-state index in [2.05, 4.69) is 52.1 Å². The highest BCUT2D eigenvalue weighted by atomic mass is 16.5. The quantitative estimate of drug-likeness (QED) is 0.838. The second kappa shape index (κ2) is 5.74. The number of hydrogen-bond donors (Lipinski definition) is 1. The summed E-state index contributed by atoms with van der Waals surface area (Å²) in [5.41, 5.74) is 1.06. The van der Waals surface area contributed by atoms with E-state index in [4.69, 9.17) is 9.47 Å². The van der Waals surface area contributed by atoms with Crippen molar-refractivity contribution in [1.29, 1.82) is 0 Å². The van der Waals surface area contributed by atoms with Crippen molar-refractivity contribution in [2.45, 2.75) is 58.3 Å². The molecule has 0 aromatic heterocycles. The molecule has 1 aromatic rings. The summed E-state index contributed by atoms with van der Waals surface area (Å²) in [6, 6.07) is 8.53. The molecule has 1 fully saturated rings. The topological polar surface area (TPSA) is 30.5 Å². The van der Waals surface area contributed by atoms with Crippen LogP contribution >= 0.6 is 0 Å². The van der Waals surface area contributed by atoms with Crippen LogP contribution in [0.3, 0.4) is 0 Å². The van der Waals surface area contributed by atoms with Crippen molar-refractivity contribution in [2.75, 3.05) is 13.2 Å². The number of aryl methyl sites for hydroxylation is 1. The first-order valence-electron chi connectivity index (χ1n) is 7.42. The van der Waals surface area contributed by atoms with Gasteiger partial charge in [-0.1, -0.05) is 12.1 Å². The predicted octanol–water partition coefficient (Wildman–Crippen LogP) is 3.31. The summed E-state index contributed by atoms with van der Waals surface area (Å²) in [7, 11) is 0. The smallest absolute Gasteiger partial charge is 0.119 e. The van der Waals surface area contributed by atoms with Crippen LogP contribution in [0.2, 0.25) is 0 Å². The highest BCUT2D eigenvalue weighted by Crippen LogP contribution is 2.37. The molecule has 3 nitrogen and oxygen atoms in total. The van der Waals surface area contributed by atoms with E-state index >= 15 is 0 Å². The van der Waals surface area contributed by atoms with Crippen molar-refractivity contribution in [1.82, 2.24) is 5.32 Å². The lowest BCUT2D eigenvalue weighted by atomic mass is 9.94. The van der Waals surface area contributed by atoms with Crippen molar-refractivity contribution < 1.29 is 9.47 Å². The minimum absolute atomic E-state index is 0.0431. The molecule has 1 aromatic carbocycles. The number of benzene rings is 1. The van der Waals surface area contributed by atoms with Gasteiger partial charge in [-0.2, -0.15) is 0 Å². The number of ether oxygens (including phenoxy) is 2. The van der Waals surface area contributed by atoms with Crippen molar-refractivity contribution in [3.8, 4) is 5.75 Å². The van der Waals surface area contributed by atoms with Crippen LogP contribution in [0, 0.1) is 6.92 Å². The van der Waals surface area contributed by atoms with E-state index in [1.54, 1.807) is 0 Å². The van der Waals surface area contributed by atoms with E-state index < -0.39 is 0 Å². The van der Waals surface area contributed by atoms with Crippen molar-refractivity contribution in [3.63, 3.8) is 0 Å². The number of rotatable bonds is 5. The van der Waals surface area contributed by atoms with Gasteiger partial charge in [0.1, 0.15) is 12.4 Å². The number of hydrogen-bond acceptors (Lipinski definition) is 3. The molecule has 1 saturated heterocycles. The van der Waals surface area contributed by atoms with Crippen LogP contribution < -0.4 is 10.1 Å². The molecular weight excluding hydrogens is 250 g/mol. The Morgan fingerprint density at radius 3 is 2.65 bits per heavy atom. The monoisotopic (exact) mass is 277 g/mol. The van der Waals surface area contributed by atoms with E-state index in [1.807, 2.05) is 12.1 Å². The third kappa shape index (κ3) is 3.97. The Balaban J connectivity index is 1.76. The zero-order valence-corrected chi connectivity index (χ0v) is 13.3. The standard InChI is InChI=1S/C17H27NO2/c1-13-7-6-8-14(11-13)19-10-9-18-15-12-16(2,3)20-17(15,4)5/h6-8,11,15,18H,9-10,12H2,1-5H3. The van der Waals surface area contributed by atoms with Gasteiger partial charge >= 0.3 is 0 Å². The van der Waals surface area contributed by atoms with Crippen LogP contribution in [0.4, 0.5) is 0 Å². The highest BCUT2D eigenvalue weighted by Gasteiger charge is 2.45. The molecule has 1 aliphatic heterocycles. The lowest BCUT2D eigenvalue weighted by Crippen LogP contribution is -2.44. The molecule has 3 heteroatoms. The Morgan fingerprint density at radius 1 is 1.30 bits per heavy atom. The van der Waals surface area contributed by atoms with Crippen molar-refractivity contribution in [2.24, 2.45) is 0 Å². The van der Waals surface area contributed by atoms with Crippen LogP contribution in [0.1, 0.15) is 39.7 Å². The van der Waals surface area contributed by atoms with Gasteiger partial charge in [0.25, 0.3) is 0 Å². The largest absolute Gasteiger partial charge is 0.492 e.